The van der Waals surface area contributed by atoms with Crippen LogP contribution in [0.1, 0.15) is 17.2 Å². The maximum atomic E-state index is 10.0. The van der Waals surface area contributed by atoms with Gasteiger partial charge in [0.05, 0.1) is 12.3 Å². The molecule has 0 radical (unpaired) electrons. The lowest BCUT2D eigenvalue weighted by molar-refractivity contribution is 0.127. The molecule has 2 aromatic heterocycles. The van der Waals surface area contributed by atoms with Crippen molar-refractivity contribution in [1.29, 1.82) is 0 Å². The summed E-state index contributed by atoms with van der Waals surface area (Å²) in [6.45, 7) is 1.49. The first-order chi connectivity index (χ1) is 8.75. The highest BCUT2D eigenvalue weighted by atomic mass is 16.3. The number of nitrogens with one attached hydrogen (secondary N) is 1. The van der Waals surface area contributed by atoms with Crippen LogP contribution in [0.15, 0.2) is 36.9 Å². The molecule has 5 nitrogen and oxygen atoms in total. The van der Waals surface area contributed by atoms with Crippen molar-refractivity contribution < 1.29 is 5.11 Å². The fraction of sp³-hybridized carbons (Fsp3) is 0.385. The van der Waals surface area contributed by atoms with Crippen molar-refractivity contribution in [3.63, 3.8) is 0 Å². The van der Waals surface area contributed by atoms with Crippen LogP contribution in [0.5, 0.6) is 0 Å². The summed E-state index contributed by atoms with van der Waals surface area (Å²) in [5.41, 5.74) is 2.03. The SMILES string of the molecule is CN(CCc1cn[nH]c1)CC(O)c1cccnc1. The van der Waals surface area contributed by atoms with E-state index in [1.54, 1.807) is 12.4 Å². The molecular formula is C13H18N4O. The van der Waals surface area contributed by atoms with E-state index in [1.807, 2.05) is 31.6 Å². The van der Waals surface area contributed by atoms with Gasteiger partial charge >= 0.3 is 0 Å². The summed E-state index contributed by atoms with van der Waals surface area (Å²) < 4.78 is 0. The maximum Gasteiger partial charge on any atom is 0.0931 e. The molecule has 0 aliphatic rings. The first-order valence-corrected chi connectivity index (χ1v) is 6.00. The lowest BCUT2D eigenvalue weighted by Gasteiger charge is -2.20. The van der Waals surface area contributed by atoms with Crippen LogP contribution in [0.25, 0.3) is 0 Å². The molecule has 1 atom stereocenters. The van der Waals surface area contributed by atoms with Gasteiger partial charge in [0.25, 0.3) is 0 Å². The molecule has 0 aromatic carbocycles. The molecule has 0 amide bonds. The molecular weight excluding hydrogens is 228 g/mol. The Morgan fingerprint density at radius 2 is 2.33 bits per heavy atom. The van der Waals surface area contributed by atoms with Crippen molar-refractivity contribution >= 4 is 0 Å². The fourth-order valence-electron chi connectivity index (χ4n) is 1.80. The molecule has 0 saturated carbocycles. The zero-order chi connectivity index (χ0) is 12.8. The molecule has 0 saturated heterocycles. The Balaban J connectivity index is 1.78. The topological polar surface area (TPSA) is 65.0 Å². The third-order valence-electron chi connectivity index (χ3n) is 2.89. The highest BCUT2D eigenvalue weighted by molar-refractivity contribution is 5.12. The normalized spacial score (nSPS) is 12.8. The predicted molar refractivity (Wildman–Crippen MR) is 69.0 cm³/mol. The average molecular weight is 246 g/mol. The summed E-state index contributed by atoms with van der Waals surface area (Å²) in [7, 11) is 2.00. The third kappa shape index (κ3) is 3.65. The number of hydrogen-bond acceptors (Lipinski definition) is 4. The Kier molecular flexibility index (Phi) is 4.44. The summed E-state index contributed by atoms with van der Waals surface area (Å²) in [4.78, 5) is 6.11. The smallest absolute Gasteiger partial charge is 0.0931 e. The van der Waals surface area contributed by atoms with Crippen molar-refractivity contribution in [2.75, 3.05) is 20.1 Å². The van der Waals surface area contributed by atoms with Crippen LogP contribution >= 0.6 is 0 Å². The largest absolute Gasteiger partial charge is 0.387 e. The van der Waals surface area contributed by atoms with Gasteiger partial charge in [-0.3, -0.25) is 10.1 Å². The molecule has 2 rings (SSSR count). The molecule has 0 spiro atoms. The van der Waals surface area contributed by atoms with Gasteiger partial charge < -0.3 is 10.0 Å². The molecule has 0 aliphatic heterocycles. The minimum atomic E-state index is -0.493. The summed E-state index contributed by atoms with van der Waals surface area (Å²) in [5.74, 6) is 0. The molecule has 2 aromatic rings. The van der Waals surface area contributed by atoms with E-state index in [9.17, 15) is 5.11 Å². The van der Waals surface area contributed by atoms with Crippen molar-refractivity contribution in [3.05, 3.63) is 48.0 Å². The summed E-state index contributed by atoms with van der Waals surface area (Å²) in [6.07, 6.45) is 7.56. The van der Waals surface area contributed by atoms with Gasteiger partial charge in [0, 0.05) is 37.2 Å². The van der Waals surface area contributed by atoms with Crippen molar-refractivity contribution in [2.45, 2.75) is 12.5 Å². The zero-order valence-electron chi connectivity index (χ0n) is 10.5. The van der Waals surface area contributed by atoms with E-state index in [1.165, 1.54) is 5.56 Å². The highest BCUT2D eigenvalue weighted by Gasteiger charge is 2.10. The first-order valence-electron chi connectivity index (χ1n) is 6.00. The lowest BCUT2D eigenvalue weighted by atomic mass is 10.1. The van der Waals surface area contributed by atoms with Crippen LogP contribution in [0.2, 0.25) is 0 Å². The number of rotatable bonds is 6. The Hall–Kier alpha value is -1.72. The number of aliphatic hydroxyl groups excluding tert-OH is 1. The summed E-state index contributed by atoms with van der Waals surface area (Å²) >= 11 is 0. The number of aliphatic hydroxyl groups is 1. The second kappa shape index (κ2) is 6.28. The van der Waals surface area contributed by atoms with E-state index >= 15 is 0 Å². The standard InChI is InChI=1S/C13H18N4O/c1-17(6-4-11-7-15-16-8-11)10-13(18)12-3-2-5-14-9-12/h2-3,5,7-9,13,18H,4,6,10H2,1H3,(H,15,16). The molecule has 18 heavy (non-hydrogen) atoms. The second-order valence-electron chi connectivity index (χ2n) is 4.42. The van der Waals surface area contributed by atoms with Crippen LogP contribution in [0, 0.1) is 0 Å². The van der Waals surface area contributed by atoms with Gasteiger partial charge in [0.2, 0.25) is 0 Å². The van der Waals surface area contributed by atoms with E-state index in [-0.39, 0.29) is 0 Å². The Labute approximate surface area is 106 Å². The van der Waals surface area contributed by atoms with Gasteiger partial charge in [-0.1, -0.05) is 6.07 Å². The van der Waals surface area contributed by atoms with Crippen molar-refractivity contribution in [3.8, 4) is 0 Å². The van der Waals surface area contributed by atoms with Gasteiger partial charge in [-0.25, -0.2) is 0 Å². The molecule has 1 unspecified atom stereocenters. The molecule has 0 fully saturated rings. The number of hydrogen-bond donors (Lipinski definition) is 2. The van der Waals surface area contributed by atoms with E-state index in [0.717, 1.165) is 18.5 Å². The maximum absolute atomic E-state index is 10.0. The number of pyridine rings is 1. The molecule has 5 heteroatoms. The second-order valence-corrected chi connectivity index (χ2v) is 4.42. The quantitative estimate of drug-likeness (QED) is 0.798. The van der Waals surface area contributed by atoms with Gasteiger partial charge in [-0.15, -0.1) is 0 Å². The Morgan fingerprint density at radius 3 is 3.00 bits per heavy atom. The third-order valence-corrected chi connectivity index (χ3v) is 2.89. The molecule has 2 N–H and O–H groups in total. The fourth-order valence-corrected chi connectivity index (χ4v) is 1.80. The van der Waals surface area contributed by atoms with E-state index < -0.39 is 6.10 Å². The van der Waals surface area contributed by atoms with Gasteiger partial charge in [-0.2, -0.15) is 5.10 Å². The van der Waals surface area contributed by atoms with Crippen LogP contribution in [-0.4, -0.2) is 45.3 Å². The van der Waals surface area contributed by atoms with E-state index in [0.29, 0.717) is 6.54 Å². The Bertz CT molecular complexity index is 443. The monoisotopic (exact) mass is 246 g/mol. The van der Waals surface area contributed by atoms with E-state index in [4.69, 9.17) is 0 Å². The molecule has 96 valence electrons. The first kappa shape index (κ1) is 12.7. The van der Waals surface area contributed by atoms with Crippen molar-refractivity contribution in [1.82, 2.24) is 20.1 Å². The van der Waals surface area contributed by atoms with Crippen LogP contribution in [-0.2, 0) is 6.42 Å². The number of nitrogens with zero attached hydrogens (tertiary/aromatic N) is 3. The zero-order valence-corrected chi connectivity index (χ0v) is 10.5. The number of aromatic amines is 1. The number of likely N-dealkylation sites (N-methyl/N-ethyl adjacent to an activating group) is 1. The lowest BCUT2D eigenvalue weighted by Crippen LogP contribution is -2.26. The van der Waals surface area contributed by atoms with E-state index in [2.05, 4.69) is 20.1 Å². The molecule has 0 bridgehead atoms. The molecule has 2 heterocycles. The summed E-state index contributed by atoms with van der Waals surface area (Å²) in [6, 6.07) is 3.73. The number of aromatic nitrogens is 3. The summed E-state index contributed by atoms with van der Waals surface area (Å²) in [5, 5.41) is 16.7. The Morgan fingerprint density at radius 1 is 1.44 bits per heavy atom. The highest BCUT2D eigenvalue weighted by Crippen LogP contribution is 2.12. The minimum absolute atomic E-state index is 0.493. The van der Waals surface area contributed by atoms with Crippen LogP contribution in [0.4, 0.5) is 0 Å². The predicted octanol–water partition coefficient (Wildman–Crippen LogP) is 1.01. The van der Waals surface area contributed by atoms with Gasteiger partial charge in [0.1, 0.15) is 0 Å². The average Bonchev–Trinajstić information content (AvgIpc) is 2.90. The number of H-pyrrole nitrogens is 1. The van der Waals surface area contributed by atoms with Gasteiger partial charge in [-0.05, 0) is 25.1 Å². The van der Waals surface area contributed by atoms with Crippen molar-refractivity contribution in [2.24, 2.45) is 0 Å². The van der Waals surface area contributed by atoms with Gasteiger partial charge in [0.15, 0.2) is 0 Å². The molecule has 0 aliphatic carbocycles. The minimum Gasteiger partial charge on any atom is -0.387 e. The van der Waals surface area contributed by atoms with Crippen LogP contribution in [0.3, 0.4) is 0 Å². The van der Waals surface area contributed by atoms with Crippen LogP contribution < -0.4 is 0 Å².